The van der Waals surface area contributed by atoms with Crippen molar-refractivity contribution in [2.24, 2.45) is 0 Å². The summed E-state index contributed by atoms with van der Waals surface area (Å²) in [5.74, 6) is -0.424. The van der Waals surface area contributed by atoms with Gasteiger partial charge in [-0.05, 0) is 53.8 Å². The predicted molar refractivity (Wildman–Crippen MR) is 142 cm³/mol. The van der Waals surface area contributed by atoms with Crippen LogP contribution >= 0.6 is 0 Å². The van der Waals surface area contributed by atoms with Gasteiger partial charge in [0.05, 0.1) is 12.5 Å². The Kier molecular flexibility index (Phi) is 7.61. The number of benzene rings is 3. The molecule has 0 bridgehead atoms. The zero-order chi connectivity index (χ0) is 24.7. The SMILES string of the molecule is O=C(C(c1ccccc1)c1ccccc1)N(Cc1cccn1Cc1cccc(F)c1)C1CCCCC1. The van der Waals surface area contributed by atoms with Crippen LogP contribution < -0.4 is 0 Å². The first-order valence-corrected chi connectivity index (χ1v) is 13.0. The molecule has 0 unspecified atom stereocenters. The molecular weight excluding hydrogens is 447 g/mol. The van der Waals surface area contributed by atoms with E-state index in [9.17, 15) is 9.18 Å². The molecular formula is C32H33FN2O. The number of hydrogen-bond acceptors (Lipinski definition) is 1. The van der Waals surface area contributed by atoms with Crippen molar-refractivity contribution in [3.8, 4) is 0 Å². The molecule has 1 aliphatic carbocycles. The van der Waals surface area contributed by atoms with Crippen LogP contribution in [0.5, 0.6) is 0 Å². The Morgan fingerprint density at radius 3 is 2.14 bits per heavy atom. The van der Waals surface area contributed by atoms with Crippen molar-refractivity contribution in [3.63, 3.8) is 0 Å². The lowest BCUT2D eigenvalue weighted by Crippen LogP contribution is -2.44. The number of nitrogens with zero attached hydrogens (tertiary/aromatic N) is 2. The van der Waals surface area contributed by atoms with E-state index >= 15 is 0 Å². The highest BCUT2D eigenvalue weighted by atomic mass is 19.1. The molecule has 0 N–H and O–H groups in total. The van der Waals surface area contributed by atoms with E-state index in [0.29, 0.717) is 13.1 Å². The third-order valence-electron chi connectivity index (χ3n) is 7.31. The van der Waals surface area contributed by atoms with Gasteiger partial charge in [0.15, 0.2) is 0 Å². The maximum Gasteiger partial charge on any atom is 0.235 e. The molecule has 1 aliphatic rings. The fourth-order valence-electron chi connectivity index (χ4n) is 5.47. The van der Waals surface area contributed by atoms with Crippen LogP contribution in [-0.2, 0) is 17.9 Å². The summed E-state index contributed by atoms with van der Waals surface area (Å²) in [4.78, 5) is 16.6. The maximum atomic E-state index is 14.5. The Labute approximate surface area is 213 Å². The first-order valence-electron chi connectivity index (χ1n) is 13.0. The van der Waals surface area contributed by atoms with Gasteiger partial charge in [-0.25, -0.2) is 4.39 Å². The van der Waals surface area contributed by atoms with Gasteiger partial charge in [-0.3, -0.25) is 4.79 Å². The Balaban J connectivity index is 1.48. The molecule has 0 spiro atoms. The van der Waals surface area contributed by atoms with Crippen LogP contribution in [0.3, 0.4) is 0 Å². The van der Waals surface area contributed by atoms with Crippen molar-refractivity contribution < 1.29 is 9.18 Å². The normalized spacial score (nSPS) is 14.2. The van der Waals surface area contributed by atoms with Crippen LogP contribution in [0, 0.1) is 5.82 Å². The summed E-state index contributed by atoms with van der Waals surface area (Å²) in [7, 11) is 0. The van der Waals surface area contributed by atoms with E-state index in [0.717, 1.165) is 48.1 Å². The maximum absolute atomic E-state index is 14.5. The van der Waals surface area contributed by atoms with E-state index in [4.69, 9.17) is 0 Å². The lowest BCUT2D eigenvalue weighted by atomic mass is 9.87. The molecule has 4 aromatic rings. The Bertz CT molecular complexity index is 1220. The smallest absolute Gasteiger partial charge is 0.235 e. The molecule has 0 atom stereocenters. The van der Waals surface area contributed by atoms with Gasteiger partial charge in [-0.2, -0.15) is 0 Å². The van der Waals surface area contributed by atoms with E-state index in [1.54, 1.807) is 12.1 Å². The quantitative estimate of drug-likeness (QED) is 0.262. The van der Waals surface area contributed by atoms with E-state index < -0.39 is 0 Å². The minimum Gasteiger partial charge on any atom is -0.345 e. The summed E-state index contributed by atoms with van der Waals surface area (Å²) in [6.07, 6.45) is 7.63. The molecule has 0 aliphatic heterocycles. The van der Waals surface area contributed by atoms with E-state index in [1.165, 1.54) is 12.5 Å². The topological polar surface area (TPSA) is 25.2 Å². The molecule has 0 saturated heterocycles. The Morgan fingerprint density at radius 2 is 1.50 bits per heavy atom. The second-order valence-electron chi connectivity index (χ2n) is 9.77. The van der Waals surface area contributed by atoms with Crippen molar-refractivity contribution in [2.45, 2.75) is 57.2 Å². The molecule has 0 radical (unpaired) electrons. The highest BCUT2D eigenvalue weighted by molar-refractivity contribution is 5.87. The zero-order valence-electron chi connectivity index (χ0n) is 20.6. The minimum absolute atomic E-state index is 0.151. The average Bonchev–Trinajstić information content (AvgIpc) is 3.35. The lowest BCUT2D eigenvalue weighted by molar-refractivity contribution is -0.135. The van der Waals surface area contributed by atoms with Gasteiger partial charge in [0.25, 0.3) is 0 Å². The number of carbonyl (C=O) groups excluding carboxylic acids is 1. The second kappa shape index (κ2) is 11.4. The van der Waals surface area contributed by atoms with Gasteiger partial charge < -0.3 is 9.47 Å². The first-order chi connectivity index (χ1) is 17.7. The van der Waals surface area contributed by atoms with Crippen molar-refractivity contribution in [1.82, 2.24) is 9.47 Å². The van der Waals surface area contributed by atoms with Gasteiger partial charge in [0, 0.05) is 24.5 Å². The molecule has 1 saturated carbocycles. The molecule has 36 heavy (non-hydrogen) atoms. The van der Waals surface area contributed by atoms with Crippen LogP contribution in [0.25, 0.3) is 0 Å². The third kappa shape index (κ3) is 5.59. The zero-order valence-corrected chi connectivity index (χ0v) is 20.6. The number of halogens is 1. The molecule has 5 rings (SSSR count). The molecule has 1 fully saturated rings. The summed E-state index contributed by atoms with van der Waals surface area (Å²) >= 11 is 0. The third-order valence-corrected chi connectivity index (χ3v) is 7.31. The Morgan fingerprint density at radius 1 is 0.833 bits per heavy atom. The summed E-state index contributed by atoms with van der Waals surface area (Å²) in [6, 6.07) is 31.3. The summed E-state index contributed by atoms with van der Waals surface area (Å²) in [5, 5.41) is 0. The molecule has 184 valence electrons. The fraction of sp³-hybridized carbons (Fsp3) is 0.281. The monoisotopic (exact) mass is 480 g/mol. The second-order valence-corrected chi connectivity index (χ2v) is 9.77. The molecule has 1 heterocycles. The van der Waals surface area contributed by atoms with Crippen molar-refractivity contribution in [2.75, 3.05) is 0 Å². The first kappa shape index (κ1) is 24.1. The summed E-state index contributed by atoms with van der Waals surface area (Å²) in [5.41, 5.74) is 4.02. The molecule has 1 aromatic heterocycles. The van der Waals surface area contributed by atoms with Crippen LogP contribution in [0.15, 0.2) is 103 Å². The van der Waals surface area contributed by atoms with Crippen molar-refractivity contribution >= 4 is 5.91 Å². The van der Waals surface area contributed by atoms with Gasteiger partial charge in [0.1, 0.15) is 5.82 Å². The standard InChI is InChI=1S/C32H33FN2O/c33-28-17-10-12-25(22-28)23-34-21-11-20-30(34)24-35(29-18-8-3-9-19-29)32(36)31(26-13-4-1-5-14-26)27-15-6-2-7-16-27/h1-2,4-7,10-17,20-22,29,31H,3,8-9,18-19,23-24H2. The van der Waals surface area contributed by atoms with Crippen LogP contribution in [0.2, 0.25) is 0 Å². The fourth-order valence-corrected chi connectivity index (χ4v) is 5.47. The van der Waals surface area contributed by atoms with Gasteiger partial charge in [-0.1, -0.05) is 92.1 Å². The van der Waals surface area contributed by atoms with Gasteiger partial charge >= 0.3 is 0 Å². The molecule has 3 nitrogen and oxygen atoms in total. The highest BCUT2D eigenvalue weighted by Crippen LogP contribution is 2.32. The van der Waals surface area contributed by atoms with E-state index in [1.807, 2.05) is 54.7 Å². The van der Waals surface area contributed by atoms with Crippen molar-refractivity contribution in [1.29, 1.82) is 0 Å². The van der Waals surface area contributed by atoms with Crippen molar-refractivity contribution in [3.05, 3.63) is 131 Å². The minimum atomic E-state index is -0.346. The van der Waals surface area contributed by atoms with Gasteiger partial charge in [-0.15, -0.1) is 0 Å². The lowest BCUT2D eigenvalue weighted by Gasteiger charge is -2.37. The number of rotatable bonds is 8. The van der Waals surface area contributed by atoms with E-state index in [-0.39, 0.29) is 23.7 Å². The molecule has 4 heteroatoms. The number of carbonyl (C=O) groups is 1. The van der Waals surface area contributed by atoms with Crippen LogP contribution in [0.4, 0.5) is 4.39 Å². The summed E-state index contributed by atoms with van der Waals surface area (Å²) < 4.78 is 15.9. The highest BCUT2D eigenvalue weighted by Gasteiger charge is 2.33. The Hall–Kier alpha value is -3.66. The molecule has 1 amide bonds. The van der Waals surface area contributed by atoms with Crippen LogP contribution in [-0.4, -0.2) is 21.4 Å². The number of hydrogen-bond donors (Lipinski definition) is 0. The van der Waals surface area contributed by atoms with E-state index in [2.05, 4.69) is 39.8 Å². The predicted octanol–water partition coefficient (Wildman–Crippen LogP) is 7.17. The number of aromatic nitrogens is 1. The number of amides is 1. The largest absolute Gasteiger partial charge is 0.345 e. The van der Waals surface area contributed by atoms with Gasteiger partial charge in [0.2, 0.25) is 5.91 Å². The van der Waals surface area contributed by atoms with Crippen LogP contribution in [0.1, 0.15) is 60.4 Å². The molecule has 3 aromatic carbocycles. The summed E-state index contributed by atoms with van der Waals surface area (Å²) in [6.45, 7) is 1.12. The average molecular weight is 481 g/mol.